The van der Waals surface area contributed by atoms with Crippen molar-refractivity contribution in [2.75, 3.05) is 0 Å². The molecule has 0 spiro atoms. The first kappa shape index (κ1) is 6.64. The summed E-state index contributed by atoms with van der Waals surface area (Å²) in [7, 11) is 0. The zero-order valence-corrected chi connectivity index (χ0v) is 6.12. The first-order valence-corrected chi connectivity index (χ1v) is 3.62. The summed E-state index contributed by atoms with van der Waals surface area (Å²) >= 11 is 0.253. The van der Waals surface area contributed by atoms with Crippen LogP contribution in [-0.4, -0.2) is 15.0 Å². The summed E-state index contributed by atoms with van der Waals surface area (Å²) in [5.74, 6) is 5.56. The van der Waals surface area contributed by atoms with Gasteiger partial charge in [0.2, 0.25) is 0 Å². The fourth-order valence-corrected chi connectivity index (χ4v) is 0.663. The van der Waals surface area contributed by atoms with Crippen LogP contribution in [0.2, 0.25) is 0 Å². The molecule has 0 aromatic carbocycles. The SMILES string of the molecule is CC#C[Se]C#CC. The van der Waals surface area contributed by atoms with Crippen molar-refractivity contribution in [3.63, 3.8) is 0 Å². The molecule has 0 fully saturated rings. The van der Waals surface area contributed by atoms with Gasteiger partial charge in [0.1, 0.15) is 0 Å². The normalized spacial score (nSPS) is 4.86. The Labute approximate surface area is 50.8 Å². The third-order valence-electron chi connectivity index (χ3n) is 0.306. The van der Waals surface area contributed by atoms with Crippen molar-refractivity contribution >= 4 is 15.0 Å². The minimum absolute atomic E-state index is 0.253. The Bertz CT molecular complexity index is 119. The molecule has 0 radical (unpaired) electrons. The van der Waals surface area contributed by atoms with Gasteiger partial charge in [0, 0.05) is 0 Å². The Hall–Kier alpha value is -0.361. The van der Waals surface area contributed by atoms with E-state index in [1.165, 1.54) is 0 Å². The van der Waals surface area contributed by atoms with Crippen LogP contribution in [0.25, 0.3) is 0 Å². The van der Waals surface area contributed by atoms with E-state index in [0.29, 0.717) is 0 Å². The second-order valence-corrected chi connectivity index (χ2v) is 2.09. The van der Waals surface area contributed by atoms with Crippen molar-refractivity contribution in [3.8, 4) is 21.5 Å². The van der Waals surface area contributed by atoms with E-state index in [4.69, 9.17) is 0 Å². The van der Waals surface area contributed by atoms with Gasteiger partial charge in [-0.15, -0.1) is 0 Å². The maximum atomic E-state index is 2.89. The maximum absolute atomic E-state index is 2.89. The Morgan fingerprint density at radius 3 is 1.71 bits per heavy atom. The second-order valence-electron chi connectivity index (χ2n) is 0.806. The molecule has 0 heterocycles. The van der Waals surface area contributed by atoms with E-state index in [1.54, 1.807) is 0 Å². The molecule has 0 bridgehead atoms. The summed E-state index contributed by atoms with van der Waals surface area (Å²) in [4.78, 5) is 5.78. The molecule has 0 unspecified atom stereocenters. The summed E-state index contributed by atoms with van der Waals surface area (Å²) in [6.07, 6.45) is 0. The van der Waals surface area contributed by atoms with Crippen molar-refractivity contribution in [1.29, 1.82) is 0 Å². The number of rotatable bonds is 0. The molecule has 0 aliphatic rings. The Morgan fingerprint density at radius 1 is 1.00 bits per heavy atom. The predicted octanol–water partition coefficient (Wildman–Crippen LogP) is 0.652. The van der Waals surface area contributed by atoms with Crippen LogP contribution in [-0.2, 0) is 0 Å². The van der Waals surface area contributed by atoms with Gasteiger partial charge < -0.3 is 0 Å². The second kappa shape index (κ2) is 5.64. The Balaban J connectivity index is 3.21. The molecule has 7 heavy (non-hydrogen) atoms. The molecule has 0 saturated heterocycles. The molecule has 0 rings (SSSR count). The first-order valence-electron chi connectivity index (χ1n) is 1.91. The van der Waals surface area contributed by atoms with Gasteiger partial charge >= 0.3 is 50.3 Å². The molecule has 0 aliphatic heterocycles. The molecule has 0 atom stereocenters. The van der Waals surface area contributed by atoms with Crippen molar-refractivity contribution in [2.45, 2.75) is 13.8 Å². The fourth-order valence-electron chi connectivity index (χ4n) is 0.128. The monoisotopic (exact) mass is 158 g/mol. The van der Waals surface area contributed by atoms with Gasteiger partial charge in [0.05, 0.1) is 0 Å². The third-order valence-corrected chi connectivity index (χ3v) is 1.59. The number of hydrogen-bond acceptors (Lipinski definition) is 0. The molecular formula is C6H6Se. The van der Waals surface area contributed by atoms with Gasteiger partial charge in [0.25, 0.3) is 0 Å². The number of hydrogen-bond donors (Lipinski definition) is 0. The van der Waals surface area contributed by atoms with Crippen molar-refractivity contribution in [1.82, 2.24) is 0 Å². The van der Waals surface area contributed by atoms with Crippen LogP contribution in [0, 0.1) is 21.5 Å². The minimum atomic E-state index is 0.253. The quantitative estimate of drug-likeness (QED) is 0.358. The molecule has 0 amide bonds. The van der Waals surface area contributed by atoms with Crippen LogP contribution in [0.4, 0.5) is 0 Å². The topological polar surface area (TPSA) is 0 Å². The van der Waals surface area contributed by atoms with Gasteiger partial charge in [-0.25, -0.2) is 0 Å². The van der Waals surface area contributed by atoms with Crippen LogP contribution in [0.15, 0.2) is 0 Å². The van der Waals surface area contributed by atoms with E-state index >= 15 is 0 Å². The molecule has 0 N–H and O–H groups in total. The van der Waals surface area contributed by atoms with Crippen LogP contribution in [0.5, 0.6) is 0 Å². The zero-order chi connectivity index (χ0) is 5.54. The summed E-state index contributed by atoms with van der Waals surface area (Å²) in [6.45, 7) is 3.66. The van der Waals surface area contributed by atoms with Crippen molar-refractivity contribution < 1.29 is 0 Å². The molecule has 0 nitrogen and oxygen atoms in total. The molecular weight excluding hydrogens is 151 g/mol. The standard InChI is InChI=1S/C6H6Se/c1-3-5-7-6-4-2/h1-2H3. The predicted molar refractivity (Wildman–Crippen MR) is 32.7 cm³/mol. The molecule has 0 aliphatic carbocycles. The van der Waals surface area contributed by atoms with E-state index in [9.17, 15) is 0 Å². The van der Waals surface area contributed by atoms with Gasteiger partial charge in [0.15, 0.2) is 0 Å². The average Bonchev–Trinajstić information content (AvgIpc) is 1.69. The Morgan fingerprint density at radius 2 is 1.43 bits per heavy atom. The van der Waals surface area contributed by atoms with Crippen molar-refractivity contribution in [3.05, 3.63) is 0 Å². The van der Waals surface area contributed by atoms with E-state index in [0.717, 1.165) is 0 Å². The summed E-state index contributed by atoms with van der Waals surface area (Å²) in [5.41, 5.74) is 0. The fraction of sp³-hybridized carbons (Fsp3) is 0.333. The molecule has 0 aromatic rings. The van der Waals surface area contributed by atoms with Crippen LogP contribution in [0.3, 0.4) is 0 Å². The molecule has 0 aromatic heterocycles. The van der Waals surface area contributed by atoms with Crippen molar-refractivity contribution in [2.24, 2.45) is 0 Å². The molecule has 0 saturated carbocycles. The first-order chi connectivity index (χ1) is 3.41. The summed E-state index contributed by atoms with van der Waals surface area (Å²) in [6, 6.07) is 0. The average molecular weight is 157 g/mol. The van der Waals surface area contributed by atoms with Crippen LogP contribution in [0.1, 0.15) is 13.8 Å². The van der Waals surface area contributed by atoms with Crippen LogP contribution < -0.4 is 0 Å². The van der Waals surface area contributed by atoms with Crippen LogP contribution >= 0.6 is 0 Å². The van der Waals surface area contributed by atoms with E-state index < -0.39 is 0 Å². The summed E-state index contributed by atoms with van der Waals surface area (Å²) in [5, 5.41) is 0. The van der Waals surface area contributed by atoms with E-state index in [-0.39, 0.29) is 15.0 Å². The van der Waals surface area contributed by atoms with Gasteiger partial charge in [-0.3, -0.25) is 0 Å². The van der Waals surface area contributed by atoms with Gasteiger partial charge in [-0.05, 0) is 0 Å². The third kappa shape index (κ3) is 5.64. The zero-order valence-electron chi connectivity index (χ0n) is 4.41. The molecule has 1 heteroatoms. The Kier molecular flexibility index (Phi) is 5.35. The van der Waals surface area contributed by atoms with E-state index in [2.05, 4.69) is 21.5 Å². The molecule has 36 valence electrons. The van der Waals surface area contributed by atoms with Gasteiger partial charge in [-0.1, -0.05) is 0 Å². The van der Waals surface area contributed by atoms with E-state index in [1.807, 2.05) is 13.8 Å². The summed E-state index contributed by atoms with van der Waals surface area (Å²) < 4.78 is 0. The van der Waals surface area contributed by atoms with Gasteiger partial charge in [-0.2, -0.15) is 0 Å².